The second-order valence-corrected chi connectivity index (χ2v) is 5.71. The van der Waals surface area contributed by atoms with Crippen molar-refractivity contribution in [2.75, 3.05) is 11.9 Å². The second-order valence-electron chi connectivity index (χ2n) is 5.71. The average molecular weight is 322 g/mol. The van der Waals surface area contributed by atoms with Crippen LogP contribution >= 0.6 is 0 Å². The molecule has 1 aromatic carbocycles. The first-order valence-corrected chi connectivity index (χ1v) is 8.26. The van der Waals surface area contributed by atoms with Gasteiger partial charge in [-0.3, -0.25) is 4.79 Å². The summed E-state index contributed by atoms with van der Waals surface area (Å²) in [6, 6.07) is 12.3. The van der Waals surface area contributed by atoms with E-state index in [2.05, 4.69) is 43.4 Å². The van der Waals surface area contributed by atoms with E-state index in [9.17, 15) is 4.79 Å². The third-order valence-corrected chi connectivity index (χ3v) is 4.16. The lowest BCUT2D eigenvalue weighted by atomic mass is 10.1. The molecule has 5 nitrogen and oxygen atoms in total. The van der Waals surface area contributed by atoms with E-state index in [0.29, 0.717) is 0 Å². The van der Waals surface area contributed by atoms with Crippen molar-refractivity contribution >= 4 is 17.2 Å². The number of carbonyl (C=O) groups excluding carboxylic acids is 1. The van der Waals surface area contributed by atoms with Gasteiger partial charge in [-0.15, -0.1) is 0 Å². The largest absolute Gasteiger partial charge is 0.324 e. The Morgan fingerprint density at radius 3 is 2.50 bits per heavy atom. The third kappa shape index (κ3) is 3.03. The van der Waals surface area contributed by atoms with Crippen LogP contribution in [0.5, 0.6) is 0 Å². The monoisotopic (exact) mass is 322 g/mol. The highest BCUT2D eigenvalue weighted by molar-refractivity contribution is 5.92. The van der Waals surface area contributed by atoms with Crippen LogP contribution in [0.15, 0.2) is 42.6 Å². The van der Waals surface area contributed by atoms with Gasteiger partial charge in [0.25, 0.3) is 0 Å². The number of pyridine rings is 1. The SMILES string of the molecule is CCc1ccc(-c2nc3ccc(NC(=O)CN)cn3c2CC)cc1. The van der Waals surface area contributed by atoms with Gasteiger partial charge in [0.2, 0.25) is 5.91 Å². The molecular weight excluding hydrogens is 300 g/mol. The number of nitrogens with one attached hydrogen (secondary N) is 1. The first-order chi connectivity index (χ1) is 11.7. The Morgan fingerprint density at radius 2 is 1.88 bits per heavy atom. The van der Waals surface area contributed by atoms with Crippen LogP contribution in [0.1, 0.15) is 25.1 Å². The molecule has 0 saturated carbocycles. The smallest absolute Gasteiger partial charge is 0.238 e. The first-order valence-electron chi connectivity index (χ1n) is 8.26. The van der Waals surface area contributed by atoms with E-state index < -0.39 is 0 Å². The summed E-state index contributed by atoms with van der Waals surface area (Å²) in [6.07, 6.45) is 3.77. The molecule has 1 amide bonds. The highest BCUT2D eigenvalue weighted by Crippen LogP contribution is 2.26. The molecule has 2 aromatic heterocycles. The summed E-state index contributed by atoms with van der Waals surface area (Å²) in [5.41, 5.74) is 11.5. The minimum atomic E-state index is -0.206. The van der Waals surface area contributed by atoms with Gasteiger partial charge in [-0.25, -0.2) is 4.98 Å². The van der Waals surface area contributed by atoms with Gasteiger partial charge in [-0.05, 0) is 30.5 Å². The lowest BCUT2D eigenvalue weighted by Crippen LogP contribution is -2.21. The summed E-state index contributed by atoms with van der Waals surface area (Å²) in [6.45, 7) is 4.23. The van der Waals surface area contributed by atoms with Gasteiger partial charge in [0.15, 0.2) is 0 Å². The number of anilines is 1. The zero-order chi connectivity index (χ0) is 17.1. The van der Waals surface area contributed by atoms with E-state index in [4.69, 9.17) is 10.7 Å². The molecular formula is C19H22N4O. The molecule has 0 aliphatic heterocycles. The van der Waals surface area contributed by atoms with Gasteiger partial charge in [-0.2, -0.15) is 0 Å². The first kappa shape index (κ1) is 16.2. The number of nitrogens with two attached hydrogens (primary N) is 1. The predicted molar refractivity (Wildman–Crippen MR) is 97.1 cm³/mol. The Labute approximate surface area is 141 Å². The maximum atomic E-state index is 11.5. The third-order valence-electron chi connectivity index (χ3n) is 4.16. The van der Waals surface area contributed by atoms with Crippen molar-refractivity contribution in [3.8, 4) is 11.3 Å². The van der Waals surface area contributed by atoms with Gasteiger partial charge in [-0.1, -0.05) is 38.1 Å². The number of hydrogen-bond acceptors (Lipinski definition) is 3. The van der Waals surface area contributed by atoms with Crippen molar-refractivity contribution in [1.29, 1.82) is 0 Å². The molecule has 5 heteroatoms. The van der Waals surface area contributed by atoms with Crippen molar-refractivity contribution in [3.63, 3.8) is 0 Å². The number of hydrogen-bond donors (Lipinski definition) is 2. The molecule has 0 atom stereocenters. The highest BCUT2D eigenvalue weighted by Gasteiger charge is 2.13. The van der Waals surface area contributed by atoms with Crippen LogP contribution in [0.4, 0.5) is 5.69 Å². The van der Waals surface area contributed by atoms with E-state index in [1.54, 1.807) is 0 Å². The minimum absolute atomic E-state index is 0.0301. The second kappa shape index (κ2) is 6.84. The van der Waals surface area contributed by atoms with Crippen molar-refractivity contribution in [1.82, 2.24) is 9.38 Å². The topological polar surface area (TPSA) is 72.4 Å². The molecule has 0 unspecified atom stereocenters. The Balaban J connectivity index is 2.06. The van der Waals surface area contributed by atoms with Gasteiger partial charge in [0.1, 0.15) is 5.65 Å². The maximum absolute atomic E-state index is 11.5. The van der Waals surface area contributed by atoms with Crippen LogP contribution in [0, 0.1) is 0 Å². The van der Waals surface area contributed by atoms with Crippen LogP contribution < -0.4 is 11.1 Å². The molecule has 0 fully saturated rings. The van der Waals surface area contributed by atoms with Gasteiger partial charge in [0.05, 0.1) is 23.6 Å². The number of nitrogens with zero attached hydrogens (tertiary/aromatic N) is 2. The van der Waals surface area contributed by atoms with E-state index in [1.165, 1.54) is 5.56 Å². The quantitative estimate of drug-likeness (QED) is 0.758. The lowest BCUT2D eigenvalue weighted by Gasteiger charge is -2.06. The molecule has 0 radical (unpaired) electrons. The predicted octanol–water partition coefficient (Wildman–Crippen LogP) is 3.02. The Morgan fingerprint density at radius 1 is 1.12 bits per heavy atom. The molecule has 24 heavy (non-hydrogen) atoms. The fourth-order valence-electron chi connectivity index (χ4n) is 2.85. The standard InChI is InChI=1S/C19H22N4O/c1-3-13-5-7-14(8-6-13)19-16(4-2)23-12-15(21-18(24)11-20)9-10-17(23)22-19/h5-10,12H,3-4,11,20H2,1-2H3,(H,21,24). The fourth-order valence-corrected chi connectivity index (χ4v) is 2.85. The molecule has 0 spiro atoms. The molecule has 3 aromatic rings. The molecule has 0 saturated heterocycles. The number of aryl methyl sites for hydroxylation is 2. The van der Waals surface area contributed by atoms with Gasteiger partial charge < -0.3 is 15.5 Å². The molecule has 3 rings (SSSR count). The number of rotatable bonds is 5. The highest BCUT2D eigenvalue weighted by atomic mass is 16.1. The summed E-state index contributed by atoms with van der Waals surface area (Å²) >= 11 is 0. The van der Waals surface area contributed by atoms with Crippen molar-refractivity contribution in [2.45, 2.75) is 26.7 Å². The van der Waals surface area contributed by atoms with E-state index in [-0.39, 0.29) is 12.5 Å². The van der Waals surface area contributed by atoms with E-state index >= 15 is 0 Å². The molecule has 0 bridgehead atoms. The van der Waals surface area contributed by atoms with Crippen LogP contribution in [0.3, 0.4) is 0 Å². The lowest BCUT2D eigenvalue weighted by molar-refractivity contribution is -0.114. The summed E-state index contributed by atoms with van der Waals surface area (Å²) in [5.74, 6) is -0.206. The Bertz CT molecular complexity index is 865. The van der Waals surface area contributed by atoms with Gasteiger partial charge in [0, 0.05) is 11.8 Å². The summed E-state index contributed by atoms with van der Waals surface area (Å²) in [7, 11) is 0. The number of benzene rings is 1. The number of amides is 1. The molecule has 0 aliphatic carbocycles. The normalized spacial score (nSPS) is 11.0. The Kier molecular flexibility index (Phi) is 4.62. The summed E-state index contributed by atoms with van der Waals surface area (Å²) < 4.78 is 2.04. The van der Waals surface area contributed by atoms with Crippen molar-refractivity contribution in [2.24, 2.45) is 5.73 Å². The summed E-state index contributed by atoms with van der Waals surface area (Å²) in [4.78, 5) is 16.3. The van der Waals surface area contributed by atoms with E-state index in [0.717, 1.165) is 41.1 Å². The number of carbonyl (C=O) groups is 1. The van der Waals surface area contributed by atoms with E-state index in [1.807, 2.05) is 22.7 Å². The van der Waals surface area contributed by atoms with Crippen LogP contribution in [0.2, 0.25) is 0 Å². The molecule has 2 heterocycles. The number of fused-ring (bicyclic) bond motifs is 1. The summed E-state index contributed by atoms with van der Waals surface area (Å²) in [5, 5.41) is 2.79. The van der Waals surface area contributed by atoms with Crippen LogP contribution in [0.25, 0.3) is 16.9 Å². The zero-order valence-corrected chi connectivity index (χ0v) is 14.0. The Hall–Kier alpha value is -2.66. The fraction of sp³-hybridized carbons (Fsp3) is 0.263. The average Bonchev–Trinajstić information content (AvgIpc) is 2.99. The minimum Gasteiger partial charge on any atom is -0.324 e. The number of imidazole rings is 1. The maximum Gasteiger partial charge on any atom is 0.238 e. The number of aromatic nitrogens is 2. The molecule has 3 N–H and O–H groups in total. The van der Waals surface area contributed by atoms with Crippen LogP contribution in [-0.2, 0) is 17.6 Å². The molecule has 0 aliphatic rings. The van der Waals surface area contributed by atoms with Crippen molar-refractivity contribution < 1.29 is 4.79 Å². The van der Waals surface area contributed by atoms with Crippen molar-refractivity contribution in [3.05, 3.63) is 53.9 Å². The zero-order valence-electron chi connectivity index (χ0n) is 14.0. The molecule has 124 valence electrons. The van der Waals surface area contributed by atoms with Gasteiger partial charge >= 0.3 is 0 Å². The van der Waals surface area contributed by atoms with Crippen LogP contribution in [-0.4, -0.2) is 21.8 Å².